The van der Waals surface area contributed by atoms with Gasteiger partial charge in [0.1, 0.15) is 6.61 Å². The summed E-state index contributed by atoms with van der Waals surface area (Å²) in [6.45, 7) is 5.55. The van der Waals surface area contributed by atoms with Crippen molar-refractivity contribution >= 4 is 17.6 Å². The summed E-state index contributed by atoms with van der Waals surface area (Å²) in [6.07, 6.45) is 7.54. The maximum Gasteiger partial charge on any atom is 0.305 e. The third kappa shape index (κ3) is 19.6. The molecule has 0 unspecified atom stereocenters. The van der Waals surface area contributed by atoms with E-state index < -0.39 is 0 Å². The first-order chi connectivity index (χ1) is 11.3. The molecule has 0 radical (unpaired) electrons. The van der Waals surface area contributed by atoms with Gasteiger partial charge in [-0.25, -0.2) is 0 Å². The number of carbonyl (C=O) groups excluding carboxylic acids is 1. The van der Waals surface area contributed by atoms with Gasteiger partial charge in [0.2, 0.25) is 0 Å². The van der Waals surface area contributed by atoms with E-state index in [-0.39, 0.29) is 5.97 Å². The highest BCUT2D eigenvalue weighted by molar-refractivity contribution is 6.17. The first kappa shape index (κ1) is 22.6. The number of halogens is 1. The van der Waals surface area contributed by atoms with E-state index in [1.54, 1.807) is 0 Å². The Morgan fingerprint density at radius 1 is 0.739 bits per heavy atom. The van der Waals surface area contributed by atoms with Crippen LogP contribution in [0.3, 0.4) is 0 Å². The van der Waals surface area contributed by atoms with Crippen LogP contribution in [0.5, 0.6) is 0 Å². The molecule has 0 spiro atoms. The normalized spacial score (nSPS) is 10.9. The first-order valence-corrected chi connectivity index (χ1v) is 9.29. The lowest BCUT2D eigenvalue weighted by Gasteiger charge is -2.07. The largest absolute Gasteiger partial charge is 0.463 e. The van der Waals surface area contributed by atoms with E-state index in [2.05, 4.69) is 6.92 Å². The summed E-state index contributed by atoms with van der Waals surface area (Å²) in [6, 6.07) is 0. The van der Waals surface area contributed by atoms with Gasteiger partial charge in [-0.15, -0.1) is 11.6 Å². The molecule has 0 heterocycles. The van der Waals surface area contributed by atoms with Crippen molar-refractivity contribution in [3.8, 4) is 0 Å². The van der Waals surface area contributed by atoms with Gasteiger partial charge < -0.3 is 18.9 Å². The molecule has 0 aliphatic carbocycles. The van der Waals surface area contributed by atoms with Gasteiger partial charge in [0.15, 0.2) is 0 Å². The number of alkyl halides is 1. The second kappa shape index (κ2) is 19.7. The van der Waals surface area contributed by atoms with E-state index in [0.29, 0.717) is 58.5 Å². The molecular weight excluding hydrogens is 320 g/mol. The summed E-state index contributed by atoms with van der Waals surface area (Å²) in [5, 5.41) is 0. The quantitative estimate of drug-likeness (QED) is 0.214. The van der Waals surface area contributed by atoms with Crippen LogP contribution >= 0.6 is 11.6 Å². The number of hydrogen-bond donors (Lipinski definition) is 0. The minimum Gasteiger partial charge on any atom is -0.463 e. The molecule has 0 fully saturated rings. The zero-order valence-corrected chi connectivity index (χ0v) is 15.3. The van der Waals surface area contributed by atoms with Crippen molar-refractivity contribution in [1.82, 2.24) is 0 Å². The van der Waals surface area contributed by atoms with Crippen molar-refractivity contribution in [3.63, 3.8) is 0 Å². The molecule has 23 heavy (non-hydrogen) atoms. The molecule has 0 amide bonds. The zero-order chi connectivity index (χ0) is 17.0. The number of esters is 1. The molecule has 0 saturated carbocycles. The van der Waals surface area contributed by atoms with Crippen LogP contribution in [-0.2, 0) is 23.7 Å². The van der Waals surface area contributed by atoms with Crippen molar-refractivity contribution in [1.29, 1.82) is 0 Å². The number of carbonyl (C=O) groups is 1. The molecule has 0 N–H and O–H groups in total. The van der Waals surface area contributed by atoms with E-state index in [0.717, 1.165) is 12.8 Å². The second-order valence-corrected chi connectivity index (χ2v) is 5.64. The smallest absolute Gasteiger partial charge is 0.305 e. The Hall–Kier alpha value is -0.360. The first-order valence-electron chi connectivity index (χ1n) is 8.76. The molecule has 0 aromatic rings. The Morgan fingerprint density at radius 2 is 1.26 bits per heavy atom. The Labute approximate surface area is 145 Å². The molecule has 6 heteroatoms. The topological polar surface area (TPSA) is 54.0 Å². The van der Waals surface area contributed by atoms with Gasteiger partial charge in [-0.2, -0.15) is 0 Å². The highest BCUT2D eigenvalue weighted by atomic mass is 35.5. The van der Waals surface area contributed by atoms with Crippen LogP contribution in [0.25, 0.3) is 0 Å². The maximum atomic E-state index is 11.5. The summed E-state index contributed by atoms with van der Waals surface area (Å²) in [4.78, 5) is 11.5. The lowest BCUT2D eigenvalue weighted by atomic mass is 10.1. The van der Waals surface area contributed by atoms with Crippen LogP contribution in [0.1, 0.15) is 51.9 Å². The van der Waals surface area contributed by atoms with Crippen LogP contribution in [0.4, 0.5) is 0 Å². The number of unbranched alkanes of at least 4 members (excludes halogenated alkanes) is 5. The molecule has 0 atom stereocenters. The zero-order valence-electron chi connectivity index (χ0n) is 14.5. The standard InChI is InChI=1S/C17H33ClO5/c1-2-3-4-5-6-7-8-17(19)23-16-15-22-14-13-21-12-11-20-10-9-18/h2-16H2,1H3. The minimum absolute atomic E-state index is 0.128. The third-order valence-electron chi connectivity index (χ3n) is 3.19. The highest BCUT2D eigenvalue weighted by Crippen LogP contribution is 2.07. The van der Waals surface area contributed by atoms with Crippen molar-refractivity contribution < 1.29 is 23.7 Å². The summed E-state index contributed by atoms with van der Waals surface area (Å²) >= 11 is 5.47. The summed E-state index contributed by atoms with van der Waals surface area (Å²) < 4.78 is 20.9. The van der Waals surface area contributed by atoms with Gasteiger partial charge >= 0.3 is 5.97 Å². The van der Waals surface area contributed by atoms with Crippen LogP contribution in [0.2, 0.25) is 0 Å². The summed E-state index contributed by atoms with van der Waals surface area (Å²) in [5.74, 6) is 0.373. The SMILES string of the molecule is CCCCCCCCC(=O)OCCOCCOCCOCCCl. The lowest BCUT2D eigenvalue weighted by Crippen LogP contribution is -2.14. The maximum absolute atomic E-state index is 11.5. The molecule has 0 aromatic carbocycles. The lowest BCUT2D eigenvalue weighted by molar-refractivity contribution is -0.145. The van der Waals surface area contributed by atoms with Crippen molar-refractivity contribution in [2.24, 2.45) is 0 Å². The summed E-state index contributed by atoms with van der Waals surface area (Å²) in [7, 11) is 0. The van der Waals surface area contributed by atoms with Gasteiger partial charge in [0, 0.05) is 12.3 Å². The van der Waals surface area contributed by atoms with Gasteiger partial charge in [0.25, 0.3) is 0 Å². The van der Waals surface area contributed by atoms with Crippen molar-refractivity contribution in [3.05, 3.63) is 0 Å². The molecule has 0 aliphatic rings. The fourth-order valence-electron chi connectivity index (χ4n) is 1.93. The van der Waals surface area contributed by atoms with E-state index in [1.807, 2.05) is 0 Å². The molecular formula is C17H33ClO5. The van der Waals surface area contributed by atoms with E-state index >= 15 is 0 Å². The Morgan fingerprint density at radius 3 is 1.87 bits per heavy atom. The van der Waals surface area contributed by atoms with Crippen LogP contribution in [-0.4, -0.2) is 58.1 Å². The molecule has 0 aliphatic heterocycles. The molecule has 138 valence electrons. The van der Waals surface area contributed by atoms with Gasteiger partial charge in [-0.3, -0.25) is 4.79 Å². The third-order valence-corrected chi connectivity index (χ3v) is 3.34. The van der Waals surface area contributed by atoms with Gasteiger partial charge in [0.05, 0.1) is 39.6 Å². The average molecular weight is 353 g/mol. The Balaban J connectivity index is 3.11. The Bertz CT molecular complexity index is 251. The fraction of sp³-hybridized carbons (Fsp3) is 0.941. The van der Waals surface area contributed by atoms with E-state index in [9.17, 15) is 4.79 Å². The molecule has 0 saturated heterocycles. The van der Waals surface area contributed by atoms with Gasteiger partial charge in [-0.1, -0.05) is 39.0 Å². The minimum atomic E-state index is -0.128. The second-order valence-electron chi connectivity index (χ2n) is 5.26. The van der Waals surface area contributed by atoms with Crippen LogP contribution in [0.15, 0.2) is 0 Å². The number of hydrogen-bond acceptors (Lipinski definition) is 5. The van der Waals surface area contributed by atoms with Crippen LogP contribution in [0, 0.1) is 0 Å². The monoisotopic (exact) mass is 352 g/mol. The Kier molecular flexibility index (Phi) is 19.4. The highest BCUT2D eigenvalue weighted by Gasteiger charge is 2.02. The molecule has 0 aromatic heterocycles. The molecule has 0 bridgehead atoms. The molecule has 5 nitrogen and oxygen atoms in total. The van der Waals surface area contributed by atoms with Crippen molar-refractivity contribution in [2.45, 2.75) is 51.9 Å². The van der Waals surface area contributed by atoms with E-state index in [1.165, 1.54) is 25.7 Å². The number of ether oxygens (including phenoxy) is 4. The average Bonchev–Trinajstić information content (AvgIpc) is 2.56. The predicted molar refractivity (Wildman–Crippen MR) is 92.1 cm³/mol. The fourth-order valence-corrected chi connectivity index (χ4v) is 2.04. The predicted octanol–water partition coefficient (Wildman–Crippen LogP) is 3.57. The number of rotatable bonds is 18. The van der Waals surface area contributed by atoms with E-state index in [4.69, 9.17) is 30.5 Å². The molecule has 0 rings (SSSR count). The van der Waals surface area contributed by atoms with Gasteiger partial charge in [-0.05, 0) is 6.42 Å². The van der Waals surface area contributed by atoms with Crippen molar-refractivity contribution in [2.75, 3.05) is 52.1 Å². The summed E-state index contributed by atoms with van der Waals surface area (Å²) in [5.41, 5.74) is 0. The van der Waals surface area contributed by atoms with Crippen LogP contribution < -0.4 is 0 Å².